The zero-order chi connectivity index (χ0) is 25.2. The lowest BCUT2D eigenvalue weighted by molar-refractivity contribution is 0.0733. The molecule has 0 atom stereocenters. The van der Waals surface area contributed by atoms with E-state index in [0.717, 1.165) is 61.4 Å². The Hall–Kier alpha value is -3.81. The number of carbonyl (C=O) groups excluding carboxylic acids is 1. The molecule has 0 saturated carbocycles. The first-order valence-electron chi connectivity index (χ1n) is 12.5. The predicted molar refractivity (Wildman–Crippen MR) is 143 cm³/mol. The van der Waals surface area contributed by atoms with E-state index >= 15 is 0 Å². The van der Waals surface area contributed by atoms with Crippen LogP contribution in [0.2, 0.25) is 0 Å². The number of anilines is 3. The van der Waals surface area contributed by atoms with E-state index in [4.69, 9.17) is 14.7 Å². The van der Waals surface area contributed by atoms with E-state index in [1.807, 2.05) is 48.2 Å². The fourth-order valence-electron chi connectivity index (χ4n) is 4.91. The zero-order valence-electron chi connectivity index (χ0n) is 21.6. The molecule has 0 unspecified atom stereocenters. The molecule has 188 valence electrons. The Balaban J connectivity index is 1.32. The van der Waals surface area contributed by atoms with Crippen LogP contribution in [0.4, 0.5) is 17.5 Å². The van der Waals surface area contributed by atoms with Crippen molar-refractivity contribution in [3.8, 4) is 5.75 Å². The van der Waals surface area contributed by atoms with Gasteiger partial charge in [-0.15, -0.1) is 0 Å². The second kappa shape index (κ2) is 10.0. The number of hydrogen-bond donors (Lipinski definition) is 0. The first kappa shape index (κ1) is 23.9. The van der Waals surface area contributed by atoms with Gasteiger partial charge in [0.1, 0.15) is 11.6 Å². The van der Waals surface area contributed by atoms with E-state index in [9.17, 15) is 4.79 Å². The number of benzene rings is 2. The number of methoxy groups -OCH3 is 1. The number of ether oxygens (including phenoxy) is 1. The van der Waals surface area contributed by atoms with Crippen LogP contribution in [0.15, 0.2) is 48.5 Å². The van der Waals surface area contributed by atoms with Gasteiger partial charge < -0.3 is 24.3 Å². The fraction of sp³-hybridized carbons (Fsp3) is 0.393. The van der Waals surface area contributed by atoms with Gasteiger partial charge in [-0.25, -0.2) is 4.98 Å². The monoisotopic (exact) mass is 486 g/mol. The second-order valence-electron chi connectivity index (χ2n) is 9.68. The van der Waals surface area contributed by atoms with Crippen LogP contribution in [-0.4, -0.2) is 74.7 Å². The van der Waals surface area contributed by atoms with Crippen molar-refractivity contribution in [3.05, 3.63) is 70.9 Å². The average Bonchev–Trinajstić information content (AvgIpc) is 2.92. The van der Waals surface area contributed by atoms with Gasteiger partial charge in [0.05, 0.1) is 19.3 Å². The van der Waals surface area contributed by atoms with Gasteiger partial charge in [0.25, 0.3) is 5.91 Å². The third-order valence-electron chi connectivity index (χ3n) is 7.04. The summed E-state index contributed by atoms with van der Waals surface area (Å²) >= 11 is 0. The minimum Gasteiger partial charge on any atom is -0.497 e. The van der Waals surface area contributed by atoms with E-state index in [-0.39, 0.29) is 5.91 Å². The largest absolute Gasteiger partial charge is 0.497 e. The summed E-state index contributed by atoms with van der Waals surface area (Å²) in [5.74, 6) is 2.44. The third kappa shape index (κ3) is 4.80. The number of amides is 1. The molecule has 36 heavy (non-hydrogen) atoms. The van der Waals surface area contributed by atoms with E-state index in [1.54, 1.807) is 7.11 Å². The highest BCUT2D eigenvalue weighted by Gasteiger charge is 2.29. The second-order valence-corrected chi connectivity index (χ2v) is 9.68. The maximum absolute atomic E-state index is 13.2. The summed E-state index contributed by atoms with van der Waals surface area (Å²) in [6.07, 6.45) is 0.719. The Morgan fingerprint density at radius 1 is 0.889 bits per heavy atom. The van der Waals surface area contributed by atoms with Crippen LogP contribution >= 0.6 is 0 Å². The lowest BCUT2D eigenvalue weighted by Crippen LogP contribution is -2.47. The van der Waals surface area contributed by atoms with Crippen molar-refractivity contribution in [2.24, 2.45) is 0 Å². The van der Waals surface area contributed by atoms with Crippen LogP contribution in [0.1, 0.15) is 27.2 Å². The maximum atomic E-state index is 13.2. The lowest BCUT2D eigenvalue weighted by atomic mass is 10.0. The van der Waals surface area contributed by atoms with Crippen molar-refractivity contribution in [2.45, 2.75) is 19.9 Å². The van der Waals surface area contributed by atoms with Crippen molar-refractivity contribution in [3.63, 3.8) is 0 Å². The molecule has 2 aliphatic heterocycles. The molecule has 1 fully saturated rings. The molecule has 2 aliphatic rings. The molecule has 5 rings (SSSR count). The Kier molecular flexibility index (Phi) is 6.67. The highest BCUT2D eigenvalue weighted by Crippen LogP contribution is 2.30. The average molecular weight is 487 g/mol. The highest BCUT2D eigenvalue weighted by atomic mass is 16.5. The van der Waals surface area contributed by atoms with Crippen LogP contribution in [-0.2, 0) is 13.0 Å². The molecular weight excluding hydrogens is 452 g/mol. The van der Waals surface area contributed by atoms with Gasteiger partial charge in [-0.05, 0) is 43.3 Å². The van der Waals surface area contributed by atoms with Crippen LogP contribution in [0.5, 0.6) is 5.75 Å². The standard InChI is InChI=1S/C28H34N6O2/c1-20-5-9-22(10-6-20)32-15-17-33(18-16-32)28-29-25-13-14-34(19-24(25)26(30-28)31(2)3)27(35)21-7-11-23(36-4)12-8-21/h5-12H,13-19H2,1-4H3. The summed E-state index contributed by atoms with van der Waals surface area (Å²) < 4.78 is 5.22. The van der Waals surface area contributed by atoms with Crippen LogP contribution in [0.25, 0.3) is 0 Å². The van der Waals surface area contributed by atoms with E-state index < -0.39 is 0 Å². The van der Waals surface area contributed by atoms with E-state index in [0.29, 0.717) is 18.7 Å². The highest BCUT2D eigenvalue weighted by molar-refractivity contribution is 5.94. The normalized spacial score (nSPS) is 15.5. The summed E-state index contributed by atoms with van der Waals surface area (Å²) in [5, 5.41) is 0. The Morgan fingerprint density at radius 3 is 2.19 bits per heavy atom. The Morgan fingerprint density at radius 2 is 1.56 bits per heavy atom. The van der Waals surface area contributed by atoms with Gasteiger partial charge >= 0.3 is 0 Å². The molecule has 8 heteroatoms. The van der Waals surface area contributed by atoms with Crippen molar-refractivity contribution < 1.29 is 9.53 Å². The van der Waals surface area contributed by atoms with Crippen molar-refractivity contribution in [2.75, 3.05) is 68.6 Å². The van der Waals surface area contributed by atoms with Crippen LogP contribution in [0.3, 0.4) is 0 Å². The van der Waals surface area contributed by atoms with Gasteiger partial charge in [0, 0.05) is 70.1 Å². The number of aromatic nitrogens is 2. The third-order valence-corrected chi connectivity index (χ3v) is 7.04. The molecule has 1 saturated heterocycles. The predicted octanol–water partition coefficient (Wildman–Crippen LogP) is 3.38. The number of rotatable bonds is 5. The number of piperazine rings is 1. The molecule has 0 bridgehead atoms. The SMILES string of the molecule is COc1ccc(C(=O)N2CCc3nc(N4CCN(c5ccc(C)cc5)CC4)nc(N(C)C)c3C2)cc1. The quantitative estimate of drug-likeness (QED) is 0.548. The minimum absolute atomic E-state index is 0.0179. The fourth-order valence-corrected chi connectivity index (χ4v) is 4.91. The molecule has 1 aromatic heterocycles. The molecule has 0 spiro atoms. The molecule has 0 radical (unpaired) electrons. The Labute approximate surface area is 213 Å². The first-order valence-corrected chi connectivity index (χ1v) is 12.5. The van der Waals surface area contributed by atoms with Gasteiger partial charge in [-0.2, -0.15) is 4.98 Å². The van der Waals surface area contributed by atoms with E-state index in [2.05, 4.69) is 41.0 Å². The van der Waals surface area contributed by atoms with Crippen molar-refractivity contribution in [1.82, 2.24) is 14.9 Å². The van der Waals surface area contributed by atoms with E-state index in [1.165, 1.54) is 11.3 Å². The number of aryl methyl sites for hydroxylation is 1. The van der Waals surface area contributed by atoms with Crippen LogP contribution < -0.4 is 19.4 Å². The van der Waals surface area contributed by atoms with Crippen LogP contribution in [0, 0.1) is 6.92 Å². The van der Waals surface area contributed by atoms with Crippen molar-refractivity contribution in [1.29, 1.82) is 0 Å². The molecule has 3 heterocycles. The molecule has 1 amide bonds. The topological polar surface area (TPSA) is 65.0 Å². The minimum atomic E-state index is 0.0179. The van der Waals surface area contributed by atoms with Crippen molar-refractivity contribution >= 4 is 23.4 Å². The number of hydrogen-bond acceptors (Lipinski definition) is 7. The maximum Gasteiger partial charge on any atom is 0.254 e. The number of fused-ring (bicyclic) bond motifs is 1. The zero-order valence-corrected chi connectivity index (χ0v) is 21.6. The number of carbonyl (C=O) groups is 1. The van der Waals surface area contributed by atoms with Gasteiger partial charge in [0.15, 0.2) is 0 Å². The summed E-state index contributed by atoms with van der Waals surface area (Å²) in [4.78, 5) is 31.8. The summed E-state index contributed by atoms with van der Waals surface area (Å²) in [6, 6.07) is 16.0. The van der Waals surface area contributed by atoms with Gasteiger partial charge in [0.2, 0.25) is 5.95 Å². The molecule has 2 aromatic carbocycles. The smallest absolute Gasteiger partial charge is 0.254 e. The summed E-state index contributed by atoms with van der Waals surface area (Å²) in [5.41, 5.74) is 5.29. The Bertz CT molecular complexity index is 1220. The van der Waals surface area contributed by atoms with Gasteiger partial charge in [-0.1, -0.05) is 17.7 Å². The molecule has 3 aromatic rings. The molecule has 0 N–H and O–H groups in total. The van der Waals surface area contributed by atoms with Gasteiger partial charge in [-0.3, -0.25) is 4.79 Å². The molecule has 0 aliphatic carbocycles. The molecular formula is C28H34N6O2. The number of nitrogens with zero attached hydrogens (tertiary/aromatic N) is 6. The summed E-state index contributed by atoms with van der Waals surface area (Å²) in [7, 11) is 5.64. The summed E-state index contributed by atoms with van der Waals surface area (Å²) in [6.45, 7) is 6.89. The first-order chi connectivity index (χ1) is 17.4. The molecule has 8 nitrogen and oxygen atoms in total. The lowest BCUT2D eigenvalue weighted by Gasteiger charge is -2.37.